The Morgan fingerprint density at radius 2 is 1.81 bits per heavy atom. The highest BCUT2D eigenvalue weighted by Gasteiger charge is 2.37. The van der Waals surface area contributed by atoms with Gasteiger partial charge in [-0.1, -0.05) is 0 Å². The molecule has 1 unspecified atom stereocenters. The summed E-state index contributed by atoms with van der Waals surface area (Å²) in [5.41, 5.74) is 0. The Hall–Kier alpha value is -0.820. The first-order chi connectivity index (χ1) is 7.30. The molecule has 0 bridgehead atoms. The molecule has 0 spiro atoms. The second-order valence-electron chi connectivity index (χ2n) is 2.94. The van der Waals surface area contributed by atoms with Crippen molar-refractivity contribution in [1.29, 1.82) is 0 Å². The predicted octanol–water partition coefficient (Wildman–Crippen LogP) is 2.98. The summed E-state index contributed by atoms with van der Waals surface area (Å²) < 4.78 is 60.8. The molecule has 0 fully saturated rings. The van der Waals surface area contributed by atoms with Crippen molar-refractivity contribution in [1.82, 2.24) is 0 Å². The molecule has 1 atom stereocenters. The molecule has 0 aliphatic carbocycles. The van der Waals surface area contributed by atoms with Crippen LogP contribution in [0.2, 0.25) is 0 Å². The Bertz CT molecular complexity index is 365. The molecule has 0 amide bonds. The fraction of sp³-hybridized carbons (Fsp3) is 0.333. The summed E-state index contributed by atoms with van der Waals surface area (Å²) >= 11 is 0.602. The third-order valence-electron chi connectivity index (χ3n) is 1.68. The number of benzene rings is 1. The van der Waals surface area contributed by atoms with Crippen molar-refractivity contribution >= 4 is 11.8 Å². The Balaban J connectivity index is 2.58. The Labute approximate surface area is 92.3 Å². The molecule has 90 valence electrons. The summed E-state index contributed by atoms with van der Waals surface area (Å²) in [5, 5.41) is 8.66. The van der Waals surface area contributed by atoms with Gasteiger partial charge in [-0.15, -0.1) is 11.8 Å². The molecule has 1 rings (SSSR count). The maximum atomic E-state index is 12.7. The number of thioether (sulfide) groups is 1. The molecule has 0 aliphatic rings. The number of halogens is 5. The van der Waals surface area contributed by atoms with Crippen LogP contribution in [0.25, 0.3) is 0 Å². The van der Waals surface area contributed by atoms with Crippen LogP contribution in [0.15, 0.2) is 23.1 Å². The van der Waals surface area contributed by atoms with E-state index in [1.807, 2.05) is 0 Å². The van der Waals surface area contributed by atoms with Gasteiger partial charge < -0.3 is 5.11 Å². The summed E-state index contributed by atoms with van der Waals surface area (Å²) in [6.07, 6.45) is -7.18. The van der Waals surface area contributed by atoms with Gasteiger partial charge in [0.2, 0.25) is 0 Å². The van der Waals surface area contributed by atoms with Crippen LogP contribution in [0.4, 0.5) is 22.0 Å². The first-order valence-electron chi connectivity index (χ1n) is 4.13. The van der Waals surface area contributed by atoms with E-state index in [0.717, 1.165) is 18.2 Å². The smallest absolute Gasteiger partial charge is 0.383 e. The van der Waals surface area contributed by atoms with Gasteiger partial charge in [0.1, 0.15) is 0 Å². The molecular formula is C9H7F5OS. The monoisotopic (exact) mass is 258 g/mol. The number of hydrogen-bond acceptors (Lipinski definition) is 2. The highest BCUT2D eigenvalue weighted by molar-refractivity contribution is 7.99. The minimum atomic E-state index is -4.70. The van der Waals surface area contributed by atoms with Crippen molar-refractivity contribution in [2.24, 2.45) is 0 Å². The van der Waals surface area contributed by atoms with Gasteiger partial charge in [0.15, 0.2) is 17.7 Å². The molecule has 0 heterocycles. The number of alkyl halides is 3. The molecule has 0 aliphatic heterocycles. The highest BCUT2D eigenvalue weighted by Crippen LogP contribution is 2.27. The quantitative estimate of drug-likeness (QED) is 0.664. The van der Waals surface area contributed by atoms with Crippen LogP contribution in [0.5, 0.6) is 0 Å². The van der Waals surface area contributed by atoms with Gasteiger partial charge in [-0.2, -0.15) is 13.2 Å². The van der Waals surface area contributed by atoms with Gasteiger partial charge in [0.05, 0.1) is 0 Å². The average Bonchev–Trinajstić information content (AvgIpc) is 2.18. The zero-order valence-corrected chi connectivity index (χ0v) is 8.58. The van der Waals surface area contributed by atoms with E-state index >= 15 is 0 Å². The van der Waals surface area contributed by atoms with Crippen LogP contribution in [-0.4, -0.2) is 23.1 Å². The van der Waals surface area contributed by atoms with Gasteiger partial charge in [-0.3, -0.25) is 0 Å². The van der Waals surface area contributed by atoms with Crippen LogP contribution in [0.3, 0.4) is 0 Å². The molecule has 7 heteroatoms. The van der Waals surface area contributed by atoms with E-state index in [2.05, 4.69) is 0 Å². The molecule has 0 saturated carbocycles. The predicted molar refractivity (Wildman–Crippen MR) is 49.1 cm³/mol. The first kappa shape index (κ1) is 13.2. The third-order valence-corrected chi connectivity index (χ3v) is 2.75. The van der Waals surface area contributed by atoms with E-state index in [4.69, 9.17) is 5.11 Å². The van der Waals surface area contributed by atoms with Crippen LogP contribution in [0.1, 0.15) is 0 Å². The van der Waals surface area contributed by atoms with E-state index in [9.17, 15) is 22.0 Å². The largest absolute Gasteiger partial charge is 0.415 e. The maximum Gasteiger partial charge on any atom is 0.415 e. The van der Waals surface area contributed by atoms with Gasteiger partial charge in [0, 0.05) is 10.6 Å². The Morgan fingerprint density at radius 3 is 2.31 bits per heavy atom. The molecular weight excluding hydrogens is 251 g/mol. The maximum absolute atomic E-state index is 12.7. The normalized spacial score (nSPS) is 13.9. The van der Waals surface area contributed by atoms with Gasteiger partial charge in [-0.25, -0.2) is 8.78 Å². The van der Waals surface area contributed by atoms with Gasteiger partial charge in [0.25, 0.3) is 0 Å². The lowest BCUT2D eigenvalue weighted by Crippen LogP contribution is -2.30. The molecule has 1 aromatic rings. The van der Waals surface area contributed by atoms with E-state index < -0.39 is 29.7 Å². The molecule has 16 heavy (non-hydrogen) atoms. The van der Waals surface area contributed by atoms with Crippen molar-refractivity contribution in [3.63, 3.8) is 0 Å². The molecule has 0 aromatic heterocycles. The minimum absolute atomic E-state index is 0.127. The second kappa shape index (κ2) is 5.01. The van der Waals surface area contributed by atoms with Crippen molar-refractivity contribution in [3.05, 3.63) is 29.8 Å². The summed E-state index contributed by atoms with van der Waals surface area (Å²) in [7, 11) is 0. The van der Waals surface area contributed by atoms with Crippen molar-refractivity contribution in [2.75, 3.05) is 5.75 Å². The zero-order chi connectivity index (χ0) is 12.3. The molecule has 1 N–H and O–H groups in total. The van der Waals surface area contributed by atoms with E-state index in [0.29, 0.717) is 11.8 Å². The number of aliphatic hydroxyl groups excluding tert-OH is 1. The van der Waals surface area contributed by atoms with Crippen LogP contribution < -0.4 is 0 Å². The molecule has 1 aromatic carbocycles. The van der Waals surface area contributed by atoms with Crippen LogP contribution >= 0.6 is 11.8 Å². The second-order valence-corrected chi connectivity index (χ2v) is 4.04. The highest BCUT2D eigenvalue weighted by atomic mass is 32.2. The fourth-order valence-electron chi connectivity index (χ4n) is 0.836. The lowest BCUT2D eigenvalue weighted by Gasteiger charge is -2.13. The fourth-order valence-corrected chi connectivity index (χ4v) is 1.73. The SMILES string of the molecule is OC(CSc1ccc(F)c(F)c1)C(F)(F)F. The van der Waals surface area contributed by atoms with Gasteiger partial charge in [-0.05, 0) is 18.2 Å². The summed E-state index contributed by atoms with van der Waals surface area (Å²) in [6, 6.07) is 2.74. The van der Waals surface area contributed by atoms with Crippen LogP contribution in [0, 0.1) is 11.6 Å². The van der Waals surface area contributed by atoms with Crippen molar-refractivity contribution in [2.45, 2.75) is 17.2 Å². The van der Waals surface area contributed by atoms with Crippen LogP contribution in [-0.2, 0) is 0 Å². The number of aliphatic hydroxyl groups is 1. The van der Waals surface area contributed by atoms with Gasteiger partial charge >= 0.3 is 6.18 Å². The number of rotatable bonds is 3. The zero-order valence-electron chi connectivity index (χ0n) is 7.76. The standard InChI is InChI=1S/C9H7F5OS/c10-6-2-1-5(3-7(6)11)16-4-8(15)9(12,13)14/h1-3,8,15H,4H2. The van der Waals surface area contributed by atoms with Crippen molar-refractivity contribution < 1.29 is 27.1 Å². The number of hydrogen-bond donors (Lipinski definition) is 1. The molecule has 0 radical (unpaired) electrons. The third kappa shape index (κ3) is 3.64. The topological polar surface area (TPSA) is 20.2 Å². The van der Waals surface area contributed by atoms with E-state index in [1.165, 1.54) is 0 Å². The summed E-state index contributed by atoms with van der Waals surface area (Å²) in [5.74, 6) is -2.86. The molecule has 1 nitrogen and oxygen atoms in total. The van der Waals surface area contributed by atoms with E-state index in [1.54, 1.807) is 0 Å². The lowest BCUT2D eigenvalue weighted by atomic mass is 10.3. The summed E-state index contributed by atoms with van der Waals surface area (Å²) in [6.45, 7) is 0. The van der Waals surface area contributed by atoms with Crippen molar-refractivity contribution in [3.8, 4) is 0 Å². The first-order valence-corrected chi connectivity index (χ1v) is 5.12. The Morgan fingerprint density at radius 1 is 1.19 bits per heavy atom. The lowest BCUT2D eigenvalue weighted by molar-refractivity contribution is -0.195. The molecule has 0 saturated heterocycles. The average molecular weight is 258 g/mol. The Kier molecular flexibility index (Phi) is 4.15. The minimum Gasteiger partial charge on any atom is -0.383 e. The summed E-state index contributed by atoms with van der Waals surface area (Å²) in [4.78, 5) is 0.127. The van der Waals surface area contributed by atoms with E-state index in [-0.39, 0.29) is 4.90 Å².